The summed E-state index contributed by atoms with van der Waals surface area (Å²) in [6, 6.07) is 21.7. The van der Waals surface area contributed by atoms with Crippen molar-refractivity contribution < 1.29 is 8.83 Å². The first-order valence-electron chi connectivity index (χ1n) is 10.7. The van der Waals surface area contributed by atoms with E-state index >= 15 is 0 Å². The maximum atomic E-state index is 6.27. The van der Waals surface area contributed by atoms with Gasteiger partial charge in [-0.2, -0.15) is 0 Å². The van der Waals surface area contributed by atoms with Gasteiger partial charge in [-0.1, -0.05) is 36.4 Å². The normalized spacial score (nSPS) is 13.7. The molecule has 30 heavy (non-hydrogen) atoms. The third kappa shape index (κ3) is 1.95. The fraction of sp³-hybridized carbons (Fsp3) is 0.185. The second kappa shape index (κ2) is 5.57. The lowest BCUT2D eigenvalue weighted by Gasteiger charge is -2.18. The number of rotatable bonds is 1. The van der Waals surface area contributed by atoms with Crippen molar-refractivity contribution >= 4 is 43.8 Å². The van der Waals surface area contributed by atoms with Crippen LogP contribution in [0.2, 0.25) is 0 Å². The smallest absolute Gasteiger partial charge is 0.136 e. The van der Waals surface area contributed by atoms with Crippen molar-refractivity contribution in [2.24, 2.45) is 0 Å². The van der Waals surface area contributed by atoms with Crippen LogP contribution in [0.3, 0.4) is 0 Å². The summed E-state index contributed by atoms with van der Waals surface area (Å²) < 4.78 is 15.0. The third-order valence-corrected chi connectivity index (χ3v) is 6.63. The van der Waals surface area contributed by atoms with Gasteiger partial charge in [-0.3, -0.25) is 0 Å². The fourth-order valence-corrected chi connectivity index (χ4v) is 5.47. The lowest BCUT2D eigenvalue weighted by atomic mass is 9.91. The predicted molar refractivity (Wildman–Crippen MR) is 122 cm³/mol. The molecule has 0 N–H and O–H groups in total. The lowest BCUT2D eigenvalue weighted by molar-refractivity contribution is 0.531. The highest BCUT2D eigenvalue weighted by Gasteiger charge is 2.30. The molecule has 7 rings (SSSR count). The van der Waals surface area contributed by atoms with Crippen LogP contribution < -0.4 is 0 Å². The van der Waals surface area contributed by atoms with Crippen molar-refractivity contribution in [2.75, 3.05) is 0 Å². The lowest BCUT2D eigenvalue weighted by Crippen LogP contribution is -2.10. The van der Waals surface area contributed by atoms with E-state index in [9.17, 15) is 0 Å². The van der Waals surface area contributed by atoms with Crippen LogP contribution in [0.5, 0.6) is 0 Å². The molecule has 0 radical (unpaired) electrons. The first kappa shape index (κ1) is 16.3. The van der Waals surface area contributed by atoms with E-state index in [0.29, 0.717) is 6.04 Å². The zero-order valence-electron chi connectivity index (χ0n) is 17.0. The summed E-state index contributed by atoms with van der Waals surface area (Å²) >= 11 is 0. The van der Waals surface area contributed by atoms with Crippen LogP contribution >= 0.6 is 0 Å². The molecule has 0 spiro atoms. The Hall–Kier alpha value is -3.46. The van der Waals surface area contributed by atoms with E-state index in [-0.39, 0.29) is 0 Å². The monoisotopic (exact) mass is 391 g/mol. The highest BCUT2D eigenvalue weighted by atomic mass is 16.3. The molecular formula is C27H21NO2. The SMILES string of the molecule is CC(C)n1c2c(c3cc4oc5ccccc5c4cc31)-c1c(oc3ccccc13)CC2. The number of benzene rings is 3. The summed E-state index contributed by atoms with van der Waals surface area (Å²) in [4.78, 5) is 0. The molecular weight excluding hydrogens is 370 g/mol. The zero-order valence-corrected chi connectivity index (χ0v) is 17.0. The van der Waals surface area contributed by atoms with Gasteiger partial charge in [-0.05, 0) is 44.5 Å². The van der Waals surface area contributed by atoms with Crippen LogP contribution in [0.25, 0.3) is 54.9 Å². The van der Waals surface area contributed by atoms with Gasteiger partial charge in [0.05, 0.1) is 0 Å². The molecule has 3 aromatic heterocycles. The Morgan fingerprint density at radius 2 is 1.43 bits per heavy atom. The Morgan fingerprint density at radius 3 is 2.23 bits per heavy atom. The Morgan fingerprint density at radius 1 is 0.700 bits per heavy atom. The van der Waals surface area contributed by atoms with Crippen molar-refractivity contribution in [3.8, 4) is 11.1 Å². The largest absolute Gasteiger partial charge is 0.460 e. The molecule has 0 saturated carbocycles. The quantitative estimate of drug-likeness (QED) is 0.288. The molecule has 3 aromatic carbocycles. The van der Waals surface area contributed by atoms with Gasteiger partial charge >= 0.3 is 0 Å². The van der Waals surface area contributed by atoms with E-state index < -0.39 is 0 Å². The zero-order chi connectivity index (χ0) is 20.0. The Balaban J connectivity index is 1.68. The Bertz CT molecular complexity index is 1620. The average molecular weight is 391 g/mol. The van der Waals surface area contributed by atoms with Crippen molar-refractivity contribution in [1.29, 1.82) is 0 Å². The van der Waals surface area contributed by atoms with E-state index in [2.05, 4.69) is 60.9 Å². The van der Waals surface area contributed by atoms with Crippen molar-refractivity contribution in [3.63, 3.8) is 0 Å². The van der Waals surface area contributed by atoms with Gasteiger partial charge in [0.25, 0.3) is 0 Å². The Labute approximate surface area is 173 Å². The van der Waals surface area contributed by atoms with E-state index in [4.69, 9.17) is 8.83 Å². The van der Waals surface area contributed by atoms with Crippen molar-refractivity contribution in [3.05, 3.63) is 72.1 Å². The van der Waals surface area contributed by atoms with Crippen LogP contribution in [0.15, 0.2) is 69.5 Å². The number of hydrogen-bond donors (Lipinski definition) is 0. The second-order valence-electron chi connectivity index (χ2n) is 8.65. The van der Waals surface area contributed by atoms with E-state index in [0.717, 1.165) is 35.4 Å². The minimum Gasteiger partial charge on any atom is -0.460 e. The first-order valence-corrected chi connectivity index (χ1v) is 10.7. The van der Waals surface area contributed by atoms with Crippen molar-refractivity contribution in [2.45, 2.75) is 32.7 Å². The molecule has 0 fully saturated rings. The fourth-order valence-electron chi connectivity index (χ4n) is 5.47. The molecule has 0 atom stereocenters. The maximum Gasteiger partial charge on any atom is 0.136 e. The number of aryl methyl sites for hydroxylation is 1. The summed E-state index contributed by atoms with van der Waals surface area (Å²) in [6.45, 7) is 4.56. The summed E-state index contributed by atoms with van der Waals surface area (Å²) in [6.07, 6.45) is 1.94. The van der Waals surface area contributed by atoms with Crippen molar-refractivity contribution in [1.82, 2.24) is 4.57 Å². The number of fused-ring (bicyclic) bond motifs is 10. The molecule has 3 nitrogen and oxygen atoms in total. The Kier molecular flexibility index (Phi) is 3.04. The highest BCUT2D eigenvalue weighted by molar-refractivity contribution is 6.15. The van der Waals surface area contributed by atoms with Crippen LogP contribution in [-0.2, 0) is 12.8 Å². The summed E-state index contributed by atoms with van der Waals surface area (Å²) in [7, 11) is 0. The molecule has 6 aromatic rings. The van der Waals surface area contributed by atoms with Gasteiger partial charge in [0, 0.05) is 56.3 Å². The van der Waals surface area contributed by atoms with Gasteiger partial charge in [-0.15, -0.1) is 0 Å². The van der Waals surface area contributed by atoms with E-state index in [1.54, 1.807) is 0 Å². The van der Waals surface area contributed by atoms with Gasteiger partial charge in [0.15, 0.2) is 0 Å². The highest BCUT2D eigenvalue weighted by Crippen LogP contribution is 2.48. The number of hydrogen-bond acceptors (Lipinski definition) is 2. The summed E-state index contributed by atoms with van der Waals surface area (Å²) in [5.74, 6) is 1.11. The molecule has 0 bridgehead atoms. The van der Waals surface area contributed by atoms with Gasteiger partial charge in [-0.25, -0.2) is 0 Å². The molecule has 3 heteroatoms. The summed E-state index contributed by atoms with van der Waals surface area (Å²) in [5.41, 5.74) is 8.17. The standard InChI is InChI=1S/C27H21NO2/c1-15(2)28-20-11-12-24-27(17-8-4-6-10-23(17)29-24)26(20)19-14-25-18(13-21(19)28)16-7-3-5-9-22(16)30-25/h3-10,13-15H,11-12H2,1-2H3. The molecule has 0 saturated heterocycles. The summed E-state index contributed by atoms with van der Waals surface area (Å²) in [5, 5.41) is 4.84. The first-order chi connectivity index (χ1) is 14.7. The van der Waals surface area contributed by atoms with Gasteiger partial charge < -0.3 is 13.4 Å². The van der Waals surface area contributed by atoms with E-state index in [1.807, 2.05) is 18.2 Å². The minimum absolute atomic E-state index is 0.381. The average Bonchev–Trinajstić information content (AvgIpc) is 3.40. The van der Waals surface area contributed by atoms with Crippen LogP contribution in [0.1, 0.15) is 31.3 Å². The van der Waals surface area contributed by atoms with Gasteiger partial charge in [0.2, 0.25) is 0 Å². The number of aromatic nitrogens is 1. The topological polar surface area (TPSA) is 31.2 Å². The van der Waals surface area contributed by atoms with Crippen LogP contribution in [-0.4, -0.2) is 4.57 Å². The van der Waals surface area contributed by atoms with Crippen LogP contribution in [0, 0.1) is 0 Å². The number of para-hydroxylation sites is 2. The van der Waals surface area contributed by atoms with E-state index in [1.165, 1.54) is 43.9 Å². The minimum atomic E-state index is 0.381. The molecule has 0 amide bonds. The van der Waals surface area contributed by atoms with Crippen LogP contribution in [0.4, 0.5) is 0 Å². The van der Waals surface area contributed by atoms with Gasteiger partial charge in [0.1, 0.15) is 22.5 Å². The second-order valence-corrected chi connectivity index (χ2v) is 8.65. The molecule has 1 aliphatic carbocycles. The molecule has 0 aliphatic heterocycles. The molecule has 1 aliphatic rings. The molecule has 0 unspecified atom stereocenters. The number of furan rings is 2. The molecule has 3 heterocycles. The predicted octanol–water partition coefficient (Wildman–Crippen LogP) is 7.63. The molecule has 146 valence electrons. The number of nitrogens with zero attached hydrogens (tertiary/aromatic N) is 1. The third-order valence-electron chi connectivity index (χ3n) is 6.63. The maximum absolute atomic E-state index is 6.27.